The minimum absolute atomic E-state index is 0.160. The fraction of sp³-hybridized carbons (Fsp3) is 0.455. The van der Waals surface area contributed by atoms with Crippen LogP contribution >= 0.6 is 22.9 Å². The molecule has 176 valence electrons. The Morgan fingerprint density at radius 3 is 2.58 bits per heavy atom. The van der Waals surface area contributed by atoms with E-state index in [0.717, 1.165) is 0 Å². The quantitative estimate of drug-likeness (QED) is 0.604. The molecule has 0 unspecified atom stereocenters. The molecule has 2 amide bonds. The van der Waals surface area contributed by atoms with Gasteiger partial charge in [0.25, 0.3) is 17.4 Å². The van der Waals surface area contributed by atoms with Crippen LogP contribution in [-0.2, 0) is 22.5 Å². The van der Waals surface area contributed by atoms with Gasteiger partial charge in [0.2, 0.25) is 0 Å². The minimum atomic E-state index is -0.676. The van der Waals surface area contributed by atoms with Gasteiger partial charge in [0.15, 0.2) is 0 Å². The van der Waals surface area contributed by atoms with Crippen LogP contribution < -0.4 is 10.3 Å². The number of carbonyl (C=O) groups excluding carboxylic acids is 3. The van der Waals surface area contributed by atoms with E-state index >= 15 is 0 Å². The van der Waals surface area contributed by atoms with Gasteiger partial charge >= 0.3 is 5.97 Å². The monoisotopic (exact) mass is 493 g/mol. The molecule has 0 aliphatic carbocycles. The molecule has 9 nitrogen and oxygen atoms in total. The van der Waals surface area contributed by atoms with Gasteiger partial charge in [-0.25, -0.2) is 4.79 Å². The fourth-order valence-electron chi connectivity index (χ4n) is 4.47. The van der Waals surface area contributed by atoms with Gasteiger partial charge in [-0.1, -0.05) is 11.6 Å². The third-order valence-electron chi connectivity index (χ3n) is 6.11. The van der Waals surface area contributed by atoms with Crippen LogP contribution in [0.1, 0.15) is 38.6 Å². The molecule has 0 aromatic carbocycles. The summed E-state index contributed by atoms with van der Waals surface area (Å²) >= 11 is 7.41. The number of hydrogen-bond acceptors (Lipinski definition) is 7. The Hall–Kier alpha value is -2.85. The molecule has 4 rings (SSSR count). The Balaban J connectivity index is 1.70. The molecule has 0 radical (unpaired) electrons. The predicted octanol–water partition coefficient (Wildman–Crippen LogP) is 2.05. The highest BCUT2D eigenvalue weighted by atomic mass is 35.5. The number of amides is 2. The number of hydrogen-bond donors (Lipinski definition) is 0. The molecule has 4 heterocycles. The number of carbonyl (C=O) groups is 3. The van der Waals surface area contributed by atoms with Crippen LogP contribution in [0.3, 0.4) is 0 Å². The second kappa shape index (κ2) is 9.56. The van der Waals surface area contributed by atoms with Crippen LogP contribution in [0.5, 0.6) is 5.75 Å². The molecule has 1 atom stereocenters. The van der Waals surface area contributed by atoms with Crippen molar-refractivity contribution in [2.75, 3.05) is 33.9 Å². The van der Waals surface area contributed by atoms with Gasteiger partial charge in [-0.2, -0.15) is 0 Å². The lowest BCUT2D eigenvalue weighted by molar-refractivity contribution is -0.145. The smallest absolute Gasteiger partial charge is 0.328 e. The standard InChI is InChI=1S/C22H24ClN3O6S/c1-31-16-12-17(27)25-10-9-24(21(29)19-13(23)6-11-33-19)8-5-14(25)18(16)20(28)26-7-3-4-15(26)22(30)32-2/h6,11-12,15H,3-5,7-10H2,1-2H3/t15-/m0/s1. The van der Waals surface area contributed by atoms with Crippen molar-refractivity contribution in [3.8, 4) is 5.75 Å². The lowest BCUT2D eigenvalue weighted by Gasteiger charge is -2.25. The van der Waals surface area contributed by atoms with E-state index in [1.807, 2.05) is 0 Å². The first-order valence-electron chi connectivity index (χ1n) is 10.6. The van der Waals surface area contributed by atoms with Crippen molar-refractivity contribution < 1.29 is 23.9 Å². The summed E-state index contributed by atoms with van der Waals surface area (Å²) in [5.74, 6) is -0.901. The van der Waals surface area contributed by atoms with Crippen molar-refractivity contribution in [2.24, 2.45) is 0 Å². The predicted molar refractivity (Wildman–Crippen MR) is 122 cm³/mol. The molecule has 33 heavy (non-hydrogen) atoms. The maximum Gasteiger partial charge on any atom is 0.328 e. The number of ether oxygens (including phenoxy) is 2. The number of aromatic nitrogens is 1. The first kappa shape index (κ1) is 23.3. The van der Waals surface area contributed by atoms with Gasteiger partial charge in [-0.3, -0.25) is 14.4 Å². The van der Waals surface area contributed by atoms with Crippen molar-refractivity contribution in [1.82, 2.24) is 14.4 Å². The van der Waals surface area contributed by atoms with Crippen molar-refractivity contribution in [3.05, 3.63) is 49.0 Å². The zero-order valence-corrected chi connectivity index (χ0v) is 19.9. The first-order valence-corrected chi connectivity index (χ1v) is 11.8. The number of pyridine rings is 1. The fourth-order valence-corrected chi connectivity index (χ4v) is 5.57. The van der Waals surface area contributed by atoms with Gasteiger partial charge < -0.3 is 23.8 Å². The van der Waals surface area contributed by atoms with Crippen LogP contribution in [0.2, 0.25) is 5.02 Å². The SMILES string of the molecule is COC(=O)[C@@H]1CCCN1C(=O)c1c(OC)cc(=O)n2c1CCN(C(=O)c1sccc1Cl)CC2. The number of rotatable bonds is 4. The van der Waals surface area contributed by atoms with Gasteiger partial charge in [0.05, 0.1) is 19.2 Å². The third-order valence-corrected chi connectivity index (χ3v) is 7.44. The topological polar surface area (TPSA) is 98.2 Å². The molecule has 11 heteroatoms. The van der Waals surface area contributed by atoms with E-state index in [4.69, 9.17) is 21.1 Å². The Kier molecular flexibility index (Phi) is 6.76. The molecule has 0 bridgehead atoms. The second-order valence-electron chi connectivity index (χ2n) is 7.84. The van der Waals surface area contributed by atoms with Crippen molar-refractivity contribution in [2.45, 2.75) is 31.8 Å². The molecular formula is C22H24ClN3O6S. The summed E-state index contributed by atoms with van der Waals surface area (Å²) in [6, 6.07) is 2.28. The largest absolute Gasteiger partial charge is 0.496 e. The Morgan fingerprint density at radius 1 is 1.12 bits per heavy atom. The van der Waals surface area contributed by atoms with E-state index in [0.29, 0.717) is 48.1 Å². The summed E-state index contributed by atoms with van der Waals surface area (Å²) in [4.78, 5) is 55.2. The molecule has 1 fully saturated rings. The number of methoxy groups -OCH3 is 2. The lowest BCUT2D eigenvalue weighted by Crippen LogP contribution is -2.42. The number of likely N-dealkylation sites (tertiary alicyclic amines) is 1. The number of fused-ring (bicyclic) bond motifs is 1. The van der Waals surface area contributed by atoms with Crippen molar-refractivity contribution in [3.63, 3.8) is 0 Å². The molecule has 2 aromatic rings. The maximum absolute atomic E-state index is 13.6. The van der Waals surface area contributed by atoms with Gasteiger partial charge in [-0.05, 0) is 24.3 Å². The average molecular weight is 494 g/mol. The first-order chi connectivity index (χ1) is 15.9. The molecule has 0 N–H and O–H groups in total. The van der Waals surface area contributed by atoms with Crippen LogP contribution in [-0.4, -0.2) is 72.0 Å². The number of esters is 1. The van der Waals surface area contributed by atoms with Crippen LogP contribution in [0, 0.1) is 0 Å². The highest BCUT2D eigenvalue weighted by molar-refractivity contribution is 7.12. The average Bonchev–Trinajstić information content (AvgIpc) is 3.41. The van der Waals surface area contributed by atoms with Crippen molar-refractivity contribution in [1.29, 1.82) is 0 Å². The van der Waals surface area contributed by atoms with E-state index in [1.54, 1.807) is 16.3 Å². The number of nitrogens with zero attached hydrogens (tertiary/aromatic N) is 3. The normalized spacial score (nSPS) is 18.0. The summed E-state index contributed by atoms with van der Waals surface area (Å²) < 4.78 is 11.8. The molecule has 0 spiro atoms. The van der Waals surface area contributed by atoms with Gasteiger partial charge in [0, 0.05) is 44.4 Å². The molecule has 2 aliphatic rings. The molecular weight excluding hydrogens is 470 g/mol. The minimum Gasteiger partial charge on any atom is -0.496 e. The zero-order chi connectivity index (χ0) is 23.7. The van der Waals surface area contributed by atoms with Gasteiger partial charge in [-0.15, -0.1) is 11.3 Å². The van der Waals surface area contributed by atoms with Crippen molar-refractivity contribution >= 4 is 40.7 Å². The van der Waals surface area contributed by atoms with Crippen LogP contribution in [0.4, 0.5) is 0 Å². The summed E-state index contributed by atoms with van der Waals surface area (Å²) in [6.45, 7) is 1.24. The van der Waals surface area contributed by atoms with E-state index < -0.39 is 12.0 Å². The summed E-state index contributed by atoms with van der Waals surface area (Å²) in [5.41, 5.74) is 0.427. The number of halogens is 1. The Bertz CT molecular complexity index is 1160. The molecule has 1 saturated heterocycles. The molecule has 2 aliphatic heterocycles. The lowest BCUT2D eigenvalue weighted by atomic mass is 10.1. The second-order valence-corrected chi connectivity index (χ2v) is 9.17. The summed E-state index contributed by atoms with van der Waals surface area (Å²) in [6.07, 6.45) is 1.46. The van der Waals surface area contributed by atoms with E-state index in [9.17, 15) is 19.2 Å². The molecule has 0 saturated carbocycles. The summed E-state index contributed by atoms with van der Waals surface area (Å²) in [7, 11) is 2.69. The van der Waals surface area contributed by atoms with E-state index in [-0.39, 0.29) is 41.7 Å². The Labute approximate surface area is 199 Å². The number of thiophene rings is 1. The highest BCUT2D eigenvalue weighted by Gasteiger charge is 2.38. The highest BCUT2D eigenvalue weighted by Crippen LogP contribution is 2.29. The van der Waals surface area contributed by atoms with Crippen LogP contribution in [0.25, 0.3) is 0 Å². The maximum atomic E-state index is 13.6. The van der Waals surface area contributed by atoms with Crippen LogP contribution in [0.15, 0.2) is 22.3 Å². The van der Waals surface area contributed by atoms with E-state index in [2.05, 4.69) is 0 Å². The van der Waals surface area contributed by atoms with Gasteiger partial charge in [0.1, 0.15) is 22.2 Å². The zero-order valence-electron chi connectivity index (χ0n) is 18.3. The van der Waals surface area contributed by atoms with E-state index in [1.165, 1.54) is 41.1 Å². The summed E-state index contributed by atoms with van der Waals surface area (Å²) in [5, 5.41) is 2.14. The Morgan fingerprint density at radius 2 is 1.91 bits per heavy atom. The third kappa shape index (κ3) is 4.24. The molecule has 2 aromatic heterocycles.